The molecule has 0 atom stereocenters. The Kier molecular flexibility index (Phi) is 5.63. The molecule has 1 heterocycles. The zero-order valence-corrected chi connectivity index (χ0v) is 17.2. The number of anilines is 1. The van der Waals surface area contributed by atoms with Crippen molar-refractivity contribution in [2.45, 2.75) is 19.9 Å². The van der Waals surface area contributed by atoms with Gasteiger partial charge in [0.15, 0.2) is 0 Å². The molecule has 0 aliphatic carbocycles. The highest BCUT2D eigenvalue weighted by Crippen LogP contribution is 2.27. The molecule has 0 fully saturated rings. The Morgan fingerprint density at radius 3 is 2.53 bits per heavy atom. The fourth-order valence-corrected chi connectivity index (χ4v) is 3.68. The Bertz CT molecular complexity index is 1280. The van der Waals surface area contributed by atoms with Gasteiger partial charge in [-0.1, -0.05) is 67.1 Å². The van der Waals surface area contributed by atoms with Crippen molar-refractivity contribution in [1.29, 1.82) is 0 Å². The van der Waals surface area contributed by atoms with Gasteiger partial charge in [-0.25, -0.2) is 4.79 Å². The van der Waals surface area contributed by atoms with Gasteiger partial charge in [0.2, 0.25) is 5.91 Å². The molecule has 30 heavy (non-hydrogen) atoms. The Hall–Kier alpha value is -3.44. The molecular weight excluding hydrogens is 398 g/mol. The summed E-state index contributed by atoms with van der Waals surface area (Å²) < 4.78 is 1.38. The van der Waals surface area contributed by atoms with Crippen molar-refractivity contribution in [1.82, 2.24) is 9.55 Å². The lowest BCUT2D eigenvalue weighted by Crippen LogP contribution is -2.30. The fraction of sp³-hybridized carbons (Fsp3) is 0.125. The van der Waals surface area contributed by atoms with E-state index in [-0.39, 0.29) is 12.5 Å². The van der Waals surface area contributed by atoms with Crippen LogP contribution in [0.25, 0.3) is 22.2 Å². The number of aromatic nitrogens is 2. The highest BCUT2D eigenvalue weighted by Gasteiger charge is 2.15. The highest BCUT2D eigenvalue weighted by atomic mass is 35.5. The average Bonchev–Trinajstić information content (AvgIpc) is 2.76. The molecule has 0 spiro atoms. The van der Waals surface area contributed by atoms with Gasteiger partial charge in [0, 0.05) is 21.7 Å². The van der Waals surface area contributed by atoms with E-state index in [4.69, 9.17) is 11.6 Å². The fourth-order valence-electron chi connectivity index (χ4n) is 3.51. The molecule has 1 aromatic heterocycles. The summed E-state index contributed by atoms with van der Waals surface area (Å²) >= 11 is 6.22. The molecule has 0 aliphatic rings. The molecule has 150 valence electrons. The molecule has 0 aliphatic heterocycles. The van der Waals surface area contributed by atoms with Crippen LogP contribution in [0.15, 0.2) is 77.6 Å². The van der Waals surface area contributed by atoms with Gasteiger partial charge in [0.1, 0.15) is 6.54 Å². The minimum absolute atomic E-state index is 0.142. The number of nitrogens with one attached hydrogen (secondary N) is 1. The number of carbonyl (C=O) groups is 1. The maximum Gasteiger partial charge on any atom is 0.349 e. The lowest BCUT2D eigenvalue weighted by molar-refractivity contribution is -0.116. The minimum Gasteiger partial charge on any atom is -0.324 e. The van der Waals surface area contributed by atoms with Gasteiger partial charge in [-0.3, -0.25) is 9.36 Å². The molecule has 6 heteroatoms. The van der Waals surface area contributed by atoms with Crippen LogP contribution >= 0.6 is 11.6 Å². The topological polar surface area (TPSA) is 64.0 Å². The summed E-state index contributed by atoms with van der Waals surface area (Å²) in [5.41, 5.74) is 3.27. The molecule has 0 radical (unpaired) electrons. The van der Waals surface area contributed by atoms with Crippen molar-refractivity contribution in [3.63, 3.8) is 0 Å². The van der Waals surface area contributed by atoms with Gasteiger partial charge in [-0.2, -0.15) is 4.98 Å². The van der Waals surface area contributed by atoms with Crippen molar-refractivity contribution >= 4 is 34.1 Å². The number of carbonyl (C=O) groups excluding carboxylic acids is 1. The molecule has 0 saturated heterocycles. The number of rotatable bonds is 5. The van der Waals surface area contributed by atoms with Crippen LogP contribution in [0, 0.1) is 0 Å². The molecule has 1 amide bonds. The zero-order chi connectivity index (χ0) is 21.1. The first-order valence-corrected chi connectivity index (χ1v) is 10.1. The third-order valence-corrected chi connectivity index (χ3v) is 5.20. The summed E-state index contributed by atoms with van der Waals surface area (Å²) in [7, 11) is 0. The van der Waals surface area contributed by atoms with E-state index < -0.39 is 5.69 Å². The van der Waals surface area contributed by atoms with Crippen molar-refractivity contribution < 1.29 is 4.79 Å². The standard InChI is InChI=1S/C24H20ClN3O2/c1-2-16-8-6-7-11-20(16)26-22(29)15-28-21-13-12-18(25)14-19(21)23(27-24(28)30)17-9-4-3-5-10-17/h3-14H,2,15H2,1H3,(H,26,29). The van der Waals surface area contributed by atoms with Crippen molar-refractivity contribution in [3.8, 4) is 11.3 Å². The number of benzene rings is 3. The number of nitrogens with zero attached hydrogens (tertiary/aromatic N) is 2. The molecule has 0 bridgehead atoms. The van der Waals surface area contributed by atoms with E-state index in [1.54, 1.807) is 18.2 Å². The maximum absolute atomic E-state index is 12.9. The first kappa shape index (κ1) is 19.9. The summed E-state index contributed by atoms with van der Waals surface area (Å²) in [4.78, 5) is 29.9. The van der Waals surface area contributed by atoms with E-state index >= 15 is 0 Å². The van der Waals surface area contributed by atoms with Crippen LogP contribution in [0.5, 0.6) is 0 Å². The van der Waals surface area contributed by atoms with E-state index in [9.17, 15) is 9.59 Å². The predicted molar refractivity (Wildman–Crippen MR) is 121 cm³/mol. The summed E-state index contributed by atoms with van der Waals surface area (Å²) in [5, 5.41) is 4.16. The van der Waals surface area contributed by atoms with Gasteiger partial charge >= 0.3 is 5.69 Å². The third-order valence-electron chi connectivity index (χ3n) is 4.96. The number of fused-ring (bicyclic) bond motifs is 1. The molecule has 5 nitrogen and oxygen atoms in total. The first-order valence-electron chi connectivity index (χ1n) is 9.70. The second-order valence-corrected chi connectivity index (χ2v) is 7.35. The molecule has 0 unspecified atom stereocenters. The van der Waals surface area contributed by atoms with Crippen LogP contribution in [-0.4, -0.2) is 15.5 Å². The Morgan fingerprint density at radius 1 is 1.03 bits per heavy atom. The number of para-hydroxylation sites is 1. The van der Waals surface area contributed by atoms with Crippen LogP contribution in [0.3, 0.4) is 0 Å². The molecule has 1 N–H and O–H groups in total. The SMILES string of the molecule is CCc1ccccc1NC(=O)Cn1c(=O)nc(-c2ccccc2)c2cc(Cl)ccc21. The van der Waals surface area contributed by atoms with Crippen molar-refractivity contribution in [2.75, 3.05) is 5.32 Å². The van der Waals surface area contributed by atoms with Crippen LogP contribution in [0.1, 0.15) is 12.5 Å². The van der Waals surface area contributed by atoms with Gasteiger partial charge in [-0.05, 0) is 36.2 Å². The van der Waals surface area contributed by atoms with Crippen molar-refractivity contribution in [3.05, 3.63) is 93.9 Å². The number of hydrogen-bond donors (Lipinski definition) is 1. The largest absolute Gasteiger partial charge is 0.349 e. The second-order valence-electron chi connectivity index (χ2n) is 6.92. The number of hydrogen-bond acceptors (Lipinski definition) is 3. The first-order chi connectivity index (χ1) is 14.6. The Labute approximate surface area is 179 Å². The summed E-state index contributed by atoms with van der Waals surface area (Å²) in [6.07, 6.45) is 0.797. The highest BCUT2D eigenvalue weighted by molar-refractivity contribution is 6.31. The van der Waals surface area contributed by atoms with Crippen LogP contribution < -0.4 is 11.0 Å². The van der Waals surface area contributed by atoms with Gasteiger partial charge < -0.3 is 5.32 Å². The van der Waals surface area contributed by atoms with E-state index in [1.165, 1.54) is 4.57 Å². The number of amides is 1. The summed E-state index contributed by atoms with van der Waals surface area (Å²) in [5.74, 6) is -0.288. The normalized spacial score (nSPS) is 10.9. The van der Waals surface area contributed by atoms with E-state index in [0.29, 0.717) is 16.2 Å². The van der Waals surface area contributed by atoms with Gasteiger partial charge in [-0.15, -0.1) is 0 Å². The molecule has 0 saturated carbocycles. The summed E-state index contributed by atoms with van der Waals surface area (Å²) in [6, 6.07) is 22.3. The molecule has 3 aromatic carbocycles. The molecule has 4 rings (SSSR count). The number of halogens is 1. The van der Waals surface area contributed by atoms with Crippen molar-refractivity contribution in [2.24, 2.45) is 0 Å². The van der Waals surface area contributed by atoms with Gasteiger partial charge in [0.25, 0.3) is 0 Å². The van der Waals surface area contributed by atoms with Crippen LogP contribution in [-0.2, 0) is 17.8 Å². The van der Waals surface area contributed by atoms with E-state index in [1.807, 2.05) is 61.5 Å². The number of aryl methyl sites for hydroxylation is 1. The lowest BCUT2D eigenvalue weighted by Gasteiger charge is -2.14. The lowest BCUT2D eigenvalue weighted by atomic mass is 10.1. The molecular formula is C24H20ClN3O2. The predicted octanol–water partition coefficient (Wildman–Crippen LogP) is 4.92. The Balaban J connectivity index is 1.76. The summed E-state index contributed by atoms with van der Waals surface area (Å²) in [6.45, 7) is 1.88. The second kappa shape index (κ2) is 8.51. The van der Waals surface area contributed by atoms with Gasteiger partial charge in [0.05, 0.1) is 11.2 Å². The minimum atomic E-state index is -0.484. The van der Waals surface area contributed by atoms with E-state index in [2.05, 4.69) is 10.3 Å². The average molecular weight is 418 g/mol. The maximum atomic E-state index is 12.9. The zero-order valence-electron chi connectivity index (χ0n) is 16.4. The Morgan fingerprint density at radius 2 is 1.77 bits per heavy atom. The molecule has 4 aromatic rings. The quantitative estimate of drug-likeness (QED) is 0.501. The van der Waals surface area contributed by atoms with E-state index in [0.717, 1.165) is 28.6 Å². The smallest absolute Gasteiger partial charge is 0.324 e. The third kappa shape index (κ3) is 3.98. The van der Waals surface area contributed by atoms with Crippen LogP contribution in [0.4, 0.5) is 5.69 Å². The monoisotopic (exact) mass is 417 g/mol. The van der Waals surface area contributed by atoms with Crippen LogP contribution in [0.2, 0.25) is 5.02 Å².